The zero-order valence-electron chi connectivity index (χ0n) is 14.9. The van der Waals surface area contributed by atoms with E-state index >= 15 is 0 Å². The number of H-pyrrole nitrogens is 1. The minimum absolute atomic E-state index is 0.192. The molecule has 0 radical (unpaired) electrons. The number of rotatable bonds is 4. The lowest BCUT2D eigenvalue weighted by Gasteiger charge is -2.38. The molecule has 1 aliphatic rings. The standard InChI is InChI=1S/C19H20ClFN6/c1-13(16-12-24-25-18(16)20)26-8-10-27(11-9-26)19-17(22-6-7-23-19)14-2-4-15(21)5-3-14/h2-7,12-13H,8-11H2,1H3,(H,24,25). The van der Waals surface area contributed by atoms with Crippen LogP contribution < -0.4 is 4.90 Å². The van der Waals surface area contributed by atoms with Crippen molar-refractivity contribution in [3.05, 3.63) is 59.4 Å². The maximum atomic E-state index is 13.3. The number of aromatic nitrogens is 4. The van der Waals surface area contributed by atoms with E-state index in [1.54, 1.807) is 30.7 Å². The second-order valence-electron chi connectivity index (χ2n) is 6.57. The predicted molar refractivity (Wildman–Crippen MR) is 103 cm³/mol. The first-order valence-corrected chi connectivity index (χ1v) is 9.26. The molecule has 0 saturated carbocycles. The molecule has 27 heavy (non-hydrogen) atoms. The third-order valence-electron chi connectivity index (χ3n) is 5.03. The summed E-state index contributed by atoms with van der Waals surface area (Å²) in [4.78, 5) is 13.6. The second-order valence-corrected chi connectivity index (χ2v) is 6.95. The summed E-state index contributed by atoms with van der Waals surface area (Å²) >= 11 is 6.18. The van der Waals surface area contributed by atoms with Crippen molar-refractivity contribution in [3.8, 4) is 11.3 Å². The van der Waals surface area contributed by atoms with E-state index in [2.05, 4.69) is 36.9 Å². The van der Waals surface area contributed by atoms with Gasteiger partial charge < -0.3 is 4.90 Å². The highest BCUT2D eigenvalue weighted by Crippen LogP contribution is 2.30. The fourth-order valence-electron chi connectivity index (χ4n) is 3.46. The van der Waals surface area contributed by atoms with Gasteiger partial charge in [-0.15, -0.1) is 0 Å². The van der Waals surface area contributed by atoms with Crippen LogP contribution in [-0.4, -0.2) is 51.2 Å². The minimum atomic E-state index is -0.260. The number of hydrogen-bond acceptors (Lipinski definition) is 5. The largest absolute Gasteiger partial charge is 0.352 e. The van der Waals surface area contributed by atoms with Gasteiger partial charge in [0.05, 0.1) is 6.20 Å². The molecule has 1 aliphatic heterocycles. The van der Waals surface area contributed by atoms with Gasteiger partial charge in [-0.3, -0.25) is 15.0 Å². The first kappa shape index (κ1) is 17.9. The molecule has 8 heteroatoms. The summed E-state index contributed by atoms with van der Waals surface area (Å²) in [6, 6.07) is 6.56. The topological polar surface area (TPSA) is 60.9 Å². The second kappa shape index (κ2) is 7.62. The molecule has 0 bridgehead atoms. The summed E-state index contributed by atoms with van der Waals surface area (Å²) in [5.74, 6) is 0.572. The van der Waals surface area contributed by atoms with Crippen LogP contribution in [0.5, 0.6) is 0 Å². The van der Waals surface area contributed by atoms with Gasteiger partial charge in [-0.2, -0.15) is 5.10 Å². The maximum Gasteiger partial charge on any atom is 0.155 e. The Morgan fingerprint density at radius 2 is 1.78 bits per heavy atom. The predicted octanol–water partition coefficient (Wildman–Crippen LogP) is 3.54. The molecular formula is C19H20ClFN6. The zero-order valence-corrected chi connectivity index (χ0v) is 15.7. The van der Waals surface area contributed by atoms with Gasteiger partial charge in [0.2, 0.25) is 0 Å². The third kappa shape index (κ3) is 3.65. The van der Waals surface area contributed by atoms with Crippen molar-refractivity contribution in [2.24, 2.45) is 0 Å². The Kier molecular flexibility index (Phi) is 5.05. The average molecular weight is 387 g/mol. The number of hydrogen-bond donors (Lipinski definition) is 1. The van der Waals surface area contributed by atoms with Gasteiger partial charge >= 0.3 is 0 Å². The smallest absolute Gasteiger partial charge is 0.155 e. The summed E-state index contributed by atoms with van der Waals surface area (Å²) in [7, 11) is 0. The Hall–Kier alpha value is -2.51. The van der Waals surface area contributed by atoms with Crippen LogP contribution >= 0.6 is 11.6 Å². The van der Waals surface area contributed by atoms with E-state index in [0.717, 1.165) is 48.8 Å². The number of halogens is 2. The van der Waals surface area contributed by atoms with Crippen molar-refractivity contribution in [3.63, 3.8) is 0 Å². The van der Waals surface area contributed by atoms with Gasteiger partial charge in [0.25, 0.3) is 0 Å². The zero-order chi connectivity index (χ0) is 18.8. The fraction of sp³-hybridized carbons (Fsp3) is 0.316. The third-order valence-corrected chi connectivity index (χ3v) is 5.33. The Morgan fingerprint density at radius 3 is 2.44 bits per heavy atom. The normalized spacial score (nSPS) is 16.5. The molecule has 1 saturated heterocycles. The Labute approximate surface area is 162 Å². The Morgan fingerprint density at radius 1 is 1.07 bits per heavy atom. The fourth-order valence-corrected chi connectivity index (χ4v) is 3.72. The Balaban J connectivity index is 1.50. The Bertz CT molecular complexity index is 905. The van der Waals surface area contributed by atoms with E-state index < -0.39 is 0 Å². The molecule has 1 aromatic carbocycles. The highest BCUT2D eigenvalue weighted by atomic mass is 35.5. The molecule has 1 fully saturated rings. The lowest BCUT2D eigenvalue weighted by molar-refractivity contribution is 0.198. The first-order chi connectivity index (χ1) is 13.1. The highest BCUT2D eigenvalue weighted by Gasteiger charge is 2.26. The van der Waals surface area contributed by atoms with Gasteiger partial charge in [-0.05, 0) is 31.2 Å². The van der Waals surface area contributed by atoms with E-state index in [-0.39, 0.29) is 11.9 Å². The molecule has 3 heterocycles. The van der Waals surface area contributed by atoms with Gasteiger partial charge in [-0.25, -0.2) is 9.37 Å². The summed E-state index contributed by atoms with van der Waals surface area (Å²) < 4.78 is 13.3. The van der Waals surface area contributed by atoms with Crippen LogP contribution in [0, 0.1) is 5.82 Å². The van der Waals surface area contributed by atoms with Crippen LogP contribution in [0.1, 0.15) is 18.5 Å². The molecule has 3 aromatic rings. The number of aromatic amines is 1. The van der Waals surface area contributed by atoms with Crippen molar-refractivity contribution < 1.29 is 4.39 Å². The van der Waals surface area contributed by atoms with Crippen LogP contribution in [0.25, 0.3) is 11.3 Å². The van der Waals surface area contributed by atoms with Crippen molar-refractivity contribution >= 4 is 17.4 Å². The van der Waals surface area contributed by atoms with E-state index in [1.165, 1.54) is 12.1 Å². The lowest BCUT2D eigenvalue weighted by atomic mass is 10.1. The van der Waals surface area contributed by atoms with Crippen molar-refractivity contribution in [1.29, 1.82) is 0 Å². The van der Waals surface area contributed by atoms with E-state index in [1.807, 2.05) is 0 Å². The molecule has 2 aromatic heterocycles. The molecule has 1 atom stereocenters. The average Bonchev–Trinajstić information content (AvgIpc) is 3.14. The molecule has 6 nitrogen and oxygen atoms in total. The van der Waals surface area contributed by atoms with Crippen molar-refractivity contribution in [1.82, 2.24) is 25.1 Å². The molecular weight excluding hydrogens is 367 g/mol. The number of nitrogens with one attached hydrogen (secondary N) is 1. The van der Waals surface area contributed by atoms with Crippen LogP contribution in [0.3, 0.4) is 0 Å². The highest BCUT2D eigenvalue weighted by molar-refractivity contribution is 6.30. The molecule has 140 valence electrons. The number of anilines is 1. The monoisotopic (exact) mass is 386 g/mol. The van der Waals surface area contributed by atoms with Crippen molar-refractivity contribution in [2.75, 3.05) is 31.1 Å². The SMILES string of the molecule is CC(c1cn[nH]c1Cl)N1CCN(c2nccnc2-c2ccc(F)cc2)CC1. The van der Waals surface area contributed by atoms with Crippen LogP contribution in [0.2, 0.25) is 5.15 Å². The van der Waals surface area contributed by atoms with E-state index in [9.17, 15) is 4.39 Å². The molecule has 0 amide bonds. The number of benzene rings is 1. The number of piperazine rings is 1. The summed E-state index contributed by atoms with van der Waals surface area (Å²) in [5.41, 5.74) is 2.65. The summed E-state index contributed by atoms with van der Waals surface area (Å²) in [5, 5.41) is 7.39. The molecule has 0 spiro atoms. The maximum absolute atomic E-state index is 13.3. The minimum Gasteiger partial charge on any atom is -0.352 e. The van der Waals surface area contributed by atoms with Gasteiger partial charge in [0.1, 0.15) is 16.7 Å². The summed E-state index contributed by atoms with van der Waals surface area (Å²) in [6.45, 7) is 5.54. The lowest BCUT2D eigenvalue weighted by Crippen LogP contribution is -2.47. The van der Waals surface area contributed by atoms with E-state index in [4.69, 9.17) is 11.6 Å². The van der Waals surface area contributed by atoms with E-state index in [0.29, 0.717) is 5.15 Å². The van der Waals surface area contributed by atoms with Crippen molar-refractivity contribution in [2.45, 2.75) is 13.0 Å². The molecule has 4 rings (SSSR count). The van der Waals surface area contributed by atoms with Gasteiger partial charge in [-0.1, -0.05) is 11.6 Å². The van der Waals surface area contributed by atoms with Gasteiger partial charge in [0.15, 0.2) is 5.82 Å². The van der Waals surface area contributed by atoms with Gasteiger partial charge in [0, 0.05) is 55.7 Å². The van der Waals surface area contributed by atoms with Crippen LogP contribution in [0.4, 0.5) is 10.2 Å². The molecule has 0 aliphatic carbocycles. The first-order valence-electron chi connectivity index (χ1n) is 8.88. The summed E-state index contributed by atoms with van der Waals surface area (Å²) in [6.07, 6.45) is 5.15. The quantitative estimate of drug-likeness (QED) is 0.743. The molecule has 1 N–H and O–H groups in total. The molecule has 1 unspecified atom stereocenters. The number of nitrogens with zero attached hydrogens (tertiary/aromatic N) is 5. The van der Waals surface area contributed by atoms with Crippen LogP contribution in [0.15, 0.2) is 42.9 Å². The van der Waals surface area contributed by atoms with Crippen LogP contribution in [-0.2, 0) is 0 Å².